The maximum absolute atomic E-state index is 5.15. The molecule has 2 heteroatoms. The Kier molecular flexibility index (Phi) is 1.75. The van der Waals surface area contributed by atoms with Crippen molar-refractivity contribution in [2.45, 2.75) is 0 Å². The van der Waals surface area contributed by atoms with Crippen LogP contribution in [0.25, 0.3) is 0 Å². The van der Waals surface area contributed by atoms with Crippen LogP contribution in [0.5, 0.6) is 0 Å². The van der Waals surface area contributed by atoms with Crippen LogP contribution < -0.4 is 4.84 Å². The molecule has 1 aromatic rings. The van der Waals surface area contributed by atoms with E-state index < -0.39 is 0 Å². The SMILES string of the molecule is Cl[N]c1ccccc1. The van der Waals surface area contributed by atoms with Gasteiger partial charge in [0.25, 0.3) is 0 Å². The first-order valence-electron chi connectivity index (χ1n) is 2.30. The van der Waals surface area contributed by atoms with Crippen molar-refractivity contribution >= 4 is 17.5 Å². The Morgan fingerprint density at radius 2 is 1.75 bits per heavy atom. The maximum Gasteiger partial charge on any atom is 0.0776 e. The first-order valence-corrected chi connectivity index (χ1v) is 2.64. The van der Waals surface area contributed by atoms with Gasteiger partial charge in [0.1, 0.15) is 0 Å². The molecule has 41 valence electrons. The van der Waals surface area contributed by atoms with Crippen molar-refractivity contribution in [2.75, 3.05) is 0 Å². The van der Waals surface area contributed by atoms with Gasteiger partial charge in [0.2, 0.25) is 0 Å². The highest BCUT2D eigenvalue weighted by Crippen LogP contribution is 2.04. The minimum absolute atomic E-state index is 0.800. The Bertz CT molecular complexity index is 150. The van der Waals surface area contributed by atoms with Gasteiger partial charge in [0.15, 0.2) is 0 Å². The smallest absolute Gasteiger partial charge is 0.0776 e. The van der Waals surface area contributed by atoms with Gasteiger partial charge < -0.3 is 0 Å². The van der Waals surface area contributed by atoms with Crippen LogP contribution in [0, 0.1) is 0 Å². The lowest BCUT2D eigenvalue weighted by Crippen LogP contribution is -1.73. The van der Waals surface area contributed by atoms with Gasteiger partial charge in [0.05, 0.1) is 5.69 Å². The quantitative estimate of drug-likeness (QED) is 0.547. The summed E-state index contributed by atoms with van der Waals surface area (Å²) in [5.41, 5.74) is 0.800. The van der Waals surface area contributed by atoms with Crippen LogP contribution in [0.15, 0.2) is 30.3 Å². The molecule has 0 saturated carbocycles. The van der Waals surface area contributed by atoms with Gasteiger partial charge in [-0.05, 0) is 12.1 Å². The average Bonchev–Trinajstić information content (AvgIpc) is 1.90. The van der Waals surface area contributed by atoms with Gasteiger partial charge in [-0.25, -0.2) is 0 Å². The molecule has 0 aliphatic rings. The van der Waals surface area contributed by atoms with Gasteiger partial charge >= 0.3 is 0 Å². The summed E-state index contributed by atoms with van der Waals surface area (Å²) >= 11 is 5.15. The molecule has 0 saturated heterocycles. The third kappa shape index (κ3) is 1.14. The van der Waals surface area contributed by atoms with Crippen LogP contribution in [0.1, 0.15) is 0 Å². The first-order chi connectivity index (χ1) is 3.93. The standard InChI is InChI=1S/C6H5ClN/c7-8-6-4-2-1-3-5-6/h1-5H. The molecular weight excluding hydrogens is 122 g/mol. The molecule has 1 rings (SSSR count). The minimum atomic E-state index is 0.800. The molecule has 0 aliphatic carbocycles. The molecule has 0 spiro atoms. The Labute approximate surface area is 53.4 Å². The number of rotatable bonds is 1. The predicted molar refractivity (Wildman–Crippen MR) is 34.1 cm³/mol. The van der Waals surface area contributed by atoms with E-state index in [4.69, 9.17) is 11.8 Å². The Morgan fingerprint density at radius 3 is 2.12 bits per heavy atom. The monoisotopic (exact) mass is 126 g/mol. The Balaban J connectivity index is 2.83. The minimum Gasteiger partial charge on any atom is -0.178 e. The van der Waals surface area contributed by atoms with Gasteiger partial charge in [-0.3, -0.25) is 0 Å². The fourth-order valence-electron chi connectivity index (χ4n) is 0.484. The average molecular weight is 127 g/mol. The summed E-state index contributed by atoms with van der Waals surface area (Å²) in [5, 5.41) is 0. The van der Waals surface area contributed by atoms with E-state index in [0.29, 0.717) is 0 Å². The lowest BCUT2D eigenvalue weighted by molar-refractivity contribution is 1.36. The predicted octanol–water partition coefficient (Wildman–Crippen LogP) is 2.08. The number of hydrogen-bond donors (Lipinski definition) is 0. The second kappa shape index (κ2) is 2.58. The topological polar surface area (TPSA) is 14.1 Å². The number of benzene rings is 1. The molecule has 0 bridgehead atoms. The van der Waals surface area contributed by atoms with Crippen LogP contribution in [0.2, 0.25) is 0 Å². The molecule has 0 unspecified atom stereocenters. The second-order valence-electron chi connectivity index (χ2n) is 1.42. The van der Waals surface area contributed by atoms with E-state index in [-0.39, 0.29) is 0 Å². The summed E-state index contributed by atoms with van der Waals surface area (Å²) in [6.07, 6.45) is 0. The summed E-state index contributed by atoms with van der Waals surface area (Å²) in [5.74, 6) is 0. The fraction of sp³-hybridized carbons (Fsp3) is 0. The normalized spacial score (nSPS) is 8.62. The lowest BCUT2D eigenvalue weighted by Gasteiger charge is -1.87. The zero-order valence-corrected chi connectivity index (χ0v) is 4.97. The summed E-state index contributed by atoms with van der Waals surface area (Å²) in [6.45, 7) is 0. The van der Waals surface area contributed by atoms with E-state index >= 15 is 0 Å². The van der Waals surface area contributed by atoms with E-state index in [1.165, 1.54) is 0 Å². The highest BCUT2D eigenvalue weighted by Gasteiger charge is 1.82. The molecule has 0 aliphatic heterocycles. The van der Waals surface area contributed by atoms with E-state index in [1.807, 2.05) is 30.3 Å². The highest BCUT2D eigenvalue weighted by molar-refractivity contribution is 6.15. The largest absolute Gasteiger partial charge is 0.178 e. The zero-order chi connectivity index (χ0) is 5.82. The van der Waals surface area contributed by atoms with Gasteiger partial charge in [-0.2, -0.15) is 4.84 Å². The third-order valence-electron chi connectivity index (χ3n) is 0.854. The molecule has 0 N–H and O–H groups in total. The summed E-state index contributed by atoms with van der Waals surface area (Å²) < 4.78 is 0. The molecule has 0 fully saturated rings. The van der Waals surface area contributed by atoms with E-state index in [9.17, 15) is 0 Å². The van der Waals surface area contributed by atoms with E-state index in [1.54, 1.807) is 0 Å². The molecule has 0 heterocycles. The first kappa shape index (κ1) is 5.45. The molecule has 1 radical (unpaired) electrons. The highest BCUT2D eigenvalue weighted by atomic mass is 35.5. The van der Waals surface area contributed by atoms with Gasteiger partial charge in [-0.1, -0.05) is 18.2 Å². The number of nitrogens with zero attached hydrogens (tertiary/aromatic N) is 1. The van der Waals surface area contributed by atoms with Crippen molar-refractivity contribution in [3.8, 4) is 0 Å². The zero-order valence-electron chi connectivity index (χ0n) is 4.21. The van der Waals surface area contributed by atoms with Gasteiger partial charge in [-0.15, -0.1) is 0 Å². The third-order valence-corrected chi connectivity index (χ3v) is 1.05. The van der Waals surface area contributed by atoms with Crippen LogP contribution >= 0.6 is 11.8 Å². The van der Waals surface area contributed by atoms with Crippen LogP contribution in [0.4, 0.5) is 5.69 Å². The van der Waals surface area contributed by atoms with E-state index in [0.717, 1.165) is 5.69 Å². The van der Waals surface area contributed by atoms with Crippen LogP contribution in [-0.2, 0) is 0 Å². The Hall–Kier alpha value is -0.690. The lowest BCUT2D eigenvalue weighted by atomic mass is 10.3. The maximum atomic E-state index is 5.15. The molecule has 0 aromatic heterocycles. The second-order valence-corrected chi connectivity index (χ2v) is 1.59. The van der Waals surface area contributed by atoms with Crippen molar-refractivity contribution < 1.29 is 0 Å². The molecule has 0 amide bonds. The number of hydrogen-bond acceptors (Lipinski definition) is 0. The Morgan fingerprint density at radius 1 is 1.12 bits per heavy atom. The summed E-state index contributed by atoms with van der Waals surface area (Å²) in [4.78, 5) is 3.44. The summed E-state index contributed by atoms with van der Waals surface area (Å²) in [7, 11) is 0. The molecule has 1 nitrogen and oxygen atoms in total. The van der Waals surface area contributed by atoms with Crippen LogP contribution in [0.3, 0.4) is 0 Å². The molecule has 8 heavy (non-hydrogen) atoms. The van der Waals surface area contributed by atoms with Crippen molar-refractivity contribution in [2.24, 2.45) is 0 Å². The number of halogens is 1. The van der Waals surface area contributed by atoms with Crippen molar-refractivity contribution in [3.63, 3.8) is 0 Å². The van der Waals surface area contributed by atoms with Gasteiger partial charge in [0, 0.05) is 11.8 Å². The molecule has 1 aromatic carbocycles. The van der Waals surface area contributed by atoms with E-state index in [2.05, 4.69) is 4.84 Å². The fourth-order valence-corrected chi connectivity index (χ4v) is 0.597. The van der Waals surface area contributed by atoms with Crippen LogP contribution in [-0.4, -0.2) is 0 Å². The molecular formula is C6H5ClN. The summed E-state index contributed by atoms with van der Waals surface area (Å²) in [6, 6.07) is 9.38. The van der Waals surface area contributed by atoms with Crippen molar-refractivity contribution in [1.29, 1.82) is 0 Å². The molecule has 0 atom stereocenters. The van der Waals surface area contributed by atoms with Crippen molar-refractivity contribution in [1.82, 2.24) is 4.84 Å². The van der Waals surface area contributed by atoms with Crippen molar-refractivity contribution in [3.05, 3.63) is 30.3 Å².